The molecular weight excluding hydrogens is 424 g/mol. The predicted octanol–water partition coefficient (Wildman–Crippen LogP) is 4.82. The Hall–Kier alpha value is -3.73. The van der Waals surface area contributed by atoms with E-state index in [2.05, 4.69) is 20.6 Å². The van der Waals surface area contributed by atoms with Crippen LogP contribution in [0.1, 0.15) is 0 Å². The summed E-state index contributed by atoms with van der Waals surface area (Å²) in [4.78, 5) is 18.7. The maximum atomic E-state index is 14.0. The van der Waals surface area contributed by atoms with Crippen molar-refractivity contribution in [3.8, 4) is 11.5 Å². The molecule has 0 aliphatic rings. The Balaban J connectivity index is 2.03. The van der Waals surface area contributed by atoms with Gasteiger partial charge in [0.15, 0.2) is 0 Å². The van der Waals surface area contributed by atoms with Crippen molar-refractivity contribution in [2.45, 2.75) is 0 Å². The van der Waals surface area contributed by atoms with Crippen molar-refractivity contribution in [2.75, 3.05) is 24.9 Å². The lowest BCUT2D eigenvalue weighted by Gasteiger charge is -2.14. The molecule has 1 heterocycles. The zero-order valence-corrected chi connectivity index (χ0v) is 16.3. The van der Waals surface area contributed by atoms with E-state index in [1.165, 1.54) is 26.4 Å². The first-order valence-electron chi connectivity index (χ1n) is 8.24. The summed E-state index contributed by atoms with van der Waals surface area (Å²) in [6, 6.07) is 5.67. The highest BCUT2D eigenvalue weighted by molar-refractivity contribution is 6.32. The summed E-state index contributed by atoms with van der Waals surface area (Å²) in [5.74, 6) is -1.63. The lowest BCUT2D eigenvalue weighted by Crippen LogP contribution is -2.07. The fraction of sp³-hybridized carbons (Fsp3) is 0.111. The molecule has 12 heteroatoms. The number of aromatic nitrogens is 2. The van der Waals surface area contributed by atoms with Crippen LogP contribution in [0.15, 0.2) is 36.7 Å². The molecule has 0 aliphatic heterocycles. The molecule has 2 N–H and O–H groups in total. The number of methoxy groups -OCH3 is 2. The van der Waals surface area contributed by atoms with Gasteiger partial charge in [0.05, 0.1) is 35.5 Å². The van der Waals surface area contributed by atoms with Gasteiger partial charge < -0.3 is 20.1 Å². The molecule has 2 aromatic carbocycles. The summed E-state index contributed by atoms with van der Waals surface area (Å²) >= 11 is 6.12. The van der Waals surface area contributed by atoms with Gasteiger partial charge in [-0.15, -0.1) is 0 Å². The van der Waals surface area contributed by atoms with E-state index in [1.54, 1.807) is 0 Å². The van der Waals surface area contributed by atoms with Crippen molar-refractivity contribution in [3.05, 3.63) is 63.4 Å². The summed E-state index contributed by atoms with van der Waals surface area (Å²) in [6.45, 7) is 0. The molecule has 156 valence electrons. The van der Waals surface area contributed by atoms with Crippen molar-refractivity contribution in [1.82, 2.24) is 9.97 Å². The van der Waals surface area contributed by atoms with Crippen LogP contribution in [-0.2, 0) is 0 Å². The third-order valence-electron chi connectivity index (χ3n) is 3.92. The SMILES string of the molecule is COc1cc(OC)c(Nc2ncnc(Nc3ccc(F)cc3F)c2[N+](=O)[O-])cc1Cl. The van der Waals surface area contributed by atoms with E-state index in [-0.39, 0.29) is 33.8 Å². The van der Waals surface area contributed by atoms with Crippen LogP contribution in [0.3, 0.4) is 0 Å². The van der Waals surface area contributed by atoms with Gasteiger partial charge in [-0.1, -0.05) is 11.6 Å². The average molecular weight is 438 g/mol. The first-order chi connectivity index (χ1) is 14.3. The molecule has 3 rings (SSSR count). The van der Waals surface area contributed by atoms with Gasteiger partial charge in [-0.25, -0.2) is 18.7 Å². The Morgan fingerprint density at radius 2 is 1.63 bits per heavy atom. The zero-order chi connectivity index (χ0) is 21.8. The standard InChI is InChI=1S/C18H14ClF2N5O4/c1-29-14-7-15(30-2)13(6-10(14)19)25-18-16(26(27)28)17(22-8-23-18)24-12-4-3-9(20)5-11(12)21/h3-8H,1-2H3,(H2,22,23,24,25). The topological polar surface area (TPSA) is 111 Å². The highest BCUT2D eigenvalue weighted by Crippen LogP contribution is 2.40. The van der Waals surface area contributed by atoms with Crippen LogP contribution in [-0.4, -0.2) is 29.1 Å². The van der Waals surface area contributed by atoms with Gasteiger partial charge in [0.2, 0.25) is 11.6 Å². The summed E-state index contributed by atoms with van der Waals surface area (Å²) < 4.78 is 37.4. The van der Waals surface area contributed by atoms with E-state index in [9.17, 15) is 18.9 Å². The van der Waals surface area contributed by atoms with Crippen LogP contribution in [0.5, 0.6) is 11.5 Å². The van der Waals surface area contributed by atoms with E-state index in [0.717, 1.165) is 18.5 Å². The van der Waals surface area contributed by atoms with Gasteiger partial charge in [-0.2, -0.15) is 0 Å². The van der Waals surface area contributed by atoms with Crippen molar-refractivity contribution < 1.29 is 23.2 Å². The number of nitrogens with zero attached hydrogens (tertiary/aromatic N) is 3. The number of ether oxygens (including phenoxy) is 2. The van der Waals surface area contributed by atoms with Gasteiger partial charge >= 0.3 is 5.69 Å². The first kappa shape index (κ1) is 21.0. The Bertz CT molecular complexity index is 1120. The number of nitro groups is 1. The molecule has 30 heavy (non-hydrogen) atoms. The predicted molar refractivity (Wildman–Crippen MR) is 106 cm³/mol. The number of halogens is 3. The largest absolute Gasteiger partial charge is 0.495 e. The summed E-state index contributed by atoms with van der Waals surface area (Å²) in [7, 11) is 2.82. The normalized spacial score (nSPS) is 10.4. The number of nitrogens with one attached hydrogen (secondary N) is 2. The van der Waals surface area contributed by atoms with Gasteiger partial charge in [-0.05, 0) is 18.2 Å². The minimum atomic E-state index is -0.943. The molecule has 0 unspecified atom stereocenters. The summed E-state index contributed by atoms with van der Waals surface area (Å²) in [5, 5.41) is 17.2. The zero-order valence-electron chi connectivity index (χ0n) is 15.6. The monoisotopic (exact) mass is 437 g/mol. The van der Waals surface area contributed by atoms with E-state index in [0.29, 0.717) is 11.8 Å². The number of hydrogen-bond acceptors (Lipinski definition) is 8. The second kappa shape index (κ2) is 8.74. The average Bonchev–Trinajstić information content (AvgIpc) is 2.70. The molecule has 0 bridgehead atoms. The number of anilines is 4. The van der Waals surface area contributed by atoms with E-state index in [4.69, 9.17) is 21.1 Å². The molecule has 0 aliphatic carbocycles. The molecule has 0 amide bonds. The Kier molecular flexibility index (Phi) is 6.11. The summed E-state index contributed by atoms with van der Waals surface area (Å²) in [6.07, 6.45) is 1.04. The lowest BCUT2D eigenvalue weighted by atomic mass is 10.2. The van der Waals surface area contributed by atoms with E-state index >= 15 is 0 Å². The fourth-order valence-corrected chi connectivity index (χ4v) is 2.78. The van der Waals surface area contributed by atoms with Crippen LogP contribution in [0.4, 0.5) is 37.5 Å². The number of hydrogen-bond donors (Lipinski definition) is 2. The van der Waals surface area contributed by atoms with Gasteiger partial charge in [0.1, 0.15) is 29.5 Å². The second-order valence-corrected chi connectivity index (χ2v) is 6.15. The van der Waals surface area contributed by atoms with Crippen molar-refractivity contribution in [2.24, 2.45) is 0 Å². The molecule has 0 saturated carbocycles. The molecule has 0 atom stereocenters. The van der Waals surface area contributed by atoms with Crippen LogP contribution in [0.25, 0.3) is 0 Å². The van der Waals surface area contributed by atoms with Crippen LogP contribution < -0.4 is 20.1 Å². The summed E-state index contributed by atoms with van der Waals surface area (Å²) in [5.41, 5.74) is -0.506. The van der Waals surface area contributed by atoms with Crippen LogP contribution >= 0.6 is 11.6 Å². The molecule has 0 fully saturated rings. The maximum absolute atomic E-state index is 14.0. The Morgan fingerprint density at radius 3 is 2.20 bits per heavy atom. The van der Waals surface area contributed by atoms with Crippen LogP contribution in [0.2, 0.25) is 5.02 Å². The van der Waals surface area contributed by atoms with Crippen molar-refractivity contribution in [3.63, 3.8) is 0 Å². The fourth-order valence-electron chi connectivity index (χ4n) is 2.54. The number of rotatable bonds is 7. The van der Waals surface area contributed by atoms with Gasteiger partial charge in [0.25, 0.3) is 0 Å². The van der Waals surface area contributed by atoms with Crippen molar-refractivity contribution in [1.29, 1.82) is 0 Å². The quantitative estimate of drug-likeness (QED) is 0.399. The van der Waals surface area contributed by atoms with E-state index in [1.807, 2.05) is 0 Å². The highest BCUT2D eigenvalue weighted by Gasteiger charge is 2.25. The Labute approximate surface area is 173 Å². The number of benzene rings is 2. The minimum Gasteiger partial charge on any atom is -0.495 e. The lowest BCUT2D eigenvalue weighted by molar-refractivity contribution is -0.383. The minimum absolute atomic E-state index is 0.200. The maximum Gasteiger partial charge on any atom is 0.353 e. The molecular formula is C18H14ClF2N5O4. The smallest absolute Gasteiger partial charge is 0.353 e. The van der Waals surface area contributed by atoms with Gasteiger partial charge in [0, 0.05) is 12.1 Å². The van der Waals surface area contributed by atoms with E-state index < -0.39 is 22.2 Å². The molecule has 0 spiro atoms. The molecule has 3 aromatic rings. The molecule has 1 aromatic heterocycles. The molecule has 9 nitrogen and oxygen atoms in total. The third kappa shape index (κ3) is 4.30. The molecule has 0 saturated heterocycles. The Morgan fingerprint density at radius 1 is 1.00 bits per heavy atom. The van der Waals surface area contributed by atoms with Crippen molar-refractivity contribution >= 4 is 40.3 Å². The first-order valence-corrected chi connectivity index (χ1v) is 8.61. The van der Waals surface area contributed by atoms with Gasteiger partial charge in [-0.3, -0.25) is 10.1 Å². The third-order valence-corrected chi connectivity index (χ3v) is 4.21. The highest BCUT2D eigenvalue weighted by atomic mass is 35.5. The molecule has 0 radical (unpaired) electrons. The second-order valence-electron chi connectivity index (χ2n) is 5.74. The van der Waals surface area contributed by atoms with Crippen LogP contribution in [0, 0.1) is 21.7 Å².